The summed E-state index contributed by atoms with van der Waals surface area (Å²) in [5.41, 5.74) is 8.93. The second-order valence-electron chi connectivity index (χ2n) is 10.3. The van der Waals surface area contributed by atoms with Gasteiger partial charge in [0.05, 0.1) is 0 Å². The summed E-state index contributed by atoms with van der Waals surface area (Å²) in [6.45, 7) is 2.73. The maximum Gasteiger partial charge on any atom is 0.173 e. The van der Waals surface area contributed by atoms with E-state index < -0.39 is 0 Å². The highest BCUT2D eigenvalue weighted by atomic mass is 14.9. The highest BCUT2D eigenvalue weighted by Gasteiger charge is 2.08. The summed E-state index contributed by atoms with van der Waals surface area (Å²) in [5, 5.41) is 0. The van der Waals surface area contributed by atoms with E-state index in [0.29, 0.717) is 0 Å². The van der Waals surface area contributed by atoms with Crippen LogP contribution in [0.5, 0.6) is 0 Å². The van der Waals surface area contributed by atoms with E-state index >= 15 is 0 Å². The minimum atomic E-state index is 0.886. The second kappa shape index (κ2) is 12.3. The minimum absolute atomic E-state index is 0.886. The average molecular weight is 521 g/mol. The summed E-state index contributed by atoms with van der Waals surface area (Å²) >= 11 is 0. The minimum Gasteiger partial charge on any atom is -0.205 e. The predicted molar refractivity (Wildman–Crippen MR) is 159 cm³/mol. The number of pyridine rings is 3. The second-order valence-corrected chi connectivity index (χ2v) is 10.3. The normalized spacial score (nSPS) is 10.9. The van der Waals surface area contributed by atoms with Gasteiger partial charge in [-0.3, -0.25) is 0 Å². The van der Waals surface area contributed by atoms with E-state index in [1.54, 1.807) is 0 Å². The molecule has 0 radical (unpaired) electrons. The SMILES string of the molecule is c1ccc(C[n+]2ccc(-c3ccc(CC[n+]4ccc(-c5cc[n+](Cc6ccccc6)cc5)cc4)cc3)cc2)cc1. The third-order valence-electron chi connectivity index (χ3n) is 7.37. The lowest BCUT2D eigenvalue weighted by Crippen LogP contribution is -2.34. The number of aryl methyl sites for hydroxylation is 2. The topological polar surface area (TPSA) is 11.6 Å². The number of nitrogens with zero attached hydrogens (tertiary/aromatic N) is 3. The molecule has 3 heterocycles. The van der Waals surface area contributed by atoms with Gasteiger partial charge in [0.2, 0.25) is 0 Å². The van der Waals surface area contributed by atoms with Crippen LogP contribution in [0.2, 0.25) is 0 Å². The van der Waals surface area contributed by atoms with Gasteiger partial charge >= 0.3 is 0 Å². The molecule has 3 aromatic carbocycles. The Balaban J connectivity index is 1.02. The van der Waals surface area contributed by atoms with Gasteiger partial charge < -0.3 is 0 Å². The number of hydrogen-bond donors (Lipinski definition) is 0. The van der Waals surface area contributed by atoms with E-state index in [0.717, 1.165) is 26.1 Å². The van der Waals surface area contributed by atoms with Gasteiger partial charge in [-0.2, -0.15) is 0 Å². The van der Waals surface area contributed by atoms with Crippen LogP contribution in [0.25, 0.3) is 22.3 Å². The number of rotatable bonds is 9. The van der Waals surface area contributed by atoms with Crippen molar-refractivity contribution >= 4 is 0 Å². The first-order valence-electron chi connectivity index (χ1n) is 13.9. The molecule has 0 saturated carbocycles. The molecule has 194 valence electrons. The largest absolute Gasteiger partial charge is 0.205 e. The predicted octanol–water partition coefficient (Wildman–Crippen LogP) is 6.22. The maximum absolute atomic E-state index is 2.26. The van der Waals surface area contributed by atoms with Crippen LogP contribution in [0.1, 0.15) is 16.7 Å². The van der Waals surface area contributed by atoms with Crippen LogP contribution in [-0.4, -0.2) is 0 Å². The molecule has 0 fully saturated rings. The van der Waals surface area contributed by atoms with Crippen molar-refractivity contribution < 1.29 is 13.7 Å². The van der Waals surface area contributed by atoms with Gasteiger partial charge in [-0.1, -0.05) is 84.9 Å². The lowest BCUT2D eigenvalue weighted by molar-refractivity contribution is -0.696. The van der Waals surface area contributed by atoms with Crippen LogP contribution >= 0.6 is 0 Å². The van der Waals surface area contributed by atoms with Gasteiger partial charge in [0.25, 0.3) is 0 Å². The molecule has 6 aromatic rings. The number of benzene rings is 3. The molecule has 0 unspecified atom stereocenters. The first-order valence-corrected chi connectivity index (χ1v) is 13.9. The Morgan fingerprint density at radius 2 is 0.700 bits per heavy atom. The highest BCUT2D eigenvalue weighted by molar-refractivity contribution is 5.62. The zero-order chi connectivity index (χ0) is 27.0. The first kappa shape index (κ1) is 25.4. The van der Waals surface area contributed by atoms with E-state index in [1.807, 2.05) is 0 Å². The Morgan fingerprint density at radius 3 is 1.12 bits per heavy atom. The summed E-state index contributed by atoms with van der Waals surface area (Å²) in [4.78, 5) is 0. The maximum atomic E-state index is 2.26. The summed E-state index contributed by atoms with van der Waals surface area (Å²) in [6.07, 6.45) is 14.0. The van der Waals surface area contributed by atoms with Gasteiger partial charge in [-0.15, -0.1) is 0 Å². The molecule has 6 rings (SSSR count). The molecule has 0 aliphatic heterocycles. The fourth-order valence-corrected chi connectivity index (χ4v) is 5.02. The molecule has 0 bridgehead atoms. The van der Waals surface area contributed by atoms with Crippen LogP contribution in [0, 0.1) is 0 Å². The molecule has 0 atom stereocenters. The lowest BCUT2D eigenvalue weighted by Gasteiger charge is -2.05. The van der Waals surface area contributed by atoms with E-state index in [4.69, 9.17) is 0 Å². The zero-order valence-corrected chi connectivity index (χ0v) is 22.7. The average Bonchev–Trinajstić information content (AvgIpc) is 3.02. The molecule has 0 N–H and O–H groups in total. The van der Waals surface area contributed by atoms with Crippen molar-refractivity contribution in [1.29, 1.82) is 0 Å². The van der Waals surface area contributed by atoms with Gasteiger partial charge in [0.15, 0.2) is 56.8 Å². The van der Waals surface area contributed by atoms with Crippen molar-refractivity contribution in [2.24, 2.45) is 0 Å². The quantitative estimate of drug-likeness (QED) is 0.201. The molecule has 0 aliphatic carbocycles. The van der Waals surface area contributed by atoms with Crippen molar-refractivity contribution in [1.82, 2.24) is 0 Å². The summed E-state index contributed by atoms with van der Waals surface area (Å²) < 4.78 is 6.70. The van der Waals surface area contributed by atoms with E-state index in [9.17, 15) is 0 Å². The van der Waals surface area contributed by atoms with Crippen LogP contribution in [0.3, 0.4) is 0 Å². The summed E-state index contributed by atoms with van der Waals surface area (Å²) in [7, 11) is 0. The van der Waals surface area contributed by atoms with Crippen LogP contribution in [0.15, 0.2) is 159 Å². The Hall–Kier alpha value is -4.89. The third-order valence-corrected chi connectivity index (χ3v) is 7.37. The Morgan fingerprint density at radius 1 is 0.325 bits per heavy atom. The van der Waals surface area contributed by atoms with E-state index in [1.165, 1.54) is 38.9 Å². The van der Waals surface area contributed by atoms with Crippen molar-refractivity contribution in [3.63, 3.8) is 0 Å². The third kappa shape index (κ3) is 6.57. The van der Waals surface area contributed by atoms with Crippen molar-refractivity contribution in [3.05, 3.63) is 175 Å². The molecular weight excluding hydrogens is 486 g/mol. The molecule has 0 aliphatic rings. The monoisotopic (exact) mass is 520 g/mol. The van der Waals surface area contributed by atoms with Gasteiger partial charge in [0.1, 0.15) is 0 Å². The molecule has 0 amide bonds. The Kier molecular flexibility index (Phi) is 7.82. The van der Waals surface area contributed by atoms with Gasteiger partial charge in [0, 0.05) is 53.9 Å². The fourth-order valence-electron chi connectivity index (χ4n) is 5.02. The van der Waals surface area contributed by atoms with Crippen LogP contribution < -0.4 is 13.7 Å². The molecule has 3 aromatic heterocycles. The molecular formula is C37H34N3+3. The molecule has 0 spiro atoms. The standard InChI is InChI=1S/C37H34N3/c1-3-7-32(8-4-1)29-39-25-18-35(19-26-39)34-13-11-31(12-14-34)15-22-38-23-16-36(17-24-38)37-20-27-40(28-21-37)30-33-9-5-2-6-10-33/h1-14,16-21,23-28H,15,22,29-30H2/q+3. The smallest absolute Gasteiger partial charge is 0.173 e. The van der Waals surface area contributed by atoms with Gasteiger partial charge in [-0.05, 0) is 27.8 Å². The number of aromatic nitrogens is 3. The molecule has 40 heavy (non-hydrogen) atoms. The zero-order valence-electron chi connectivity index (χ0n) is 22.7. The lowest BCUT2D eigenvalue weighted by atomic mass is 10.0. The summed E-state index contributed by atoms with van der Waals surface area (Å²) in [5.74, 6) is 0. The summed E-state index contributed by atoms with van der Waals surface area (Å²) in [6, 6.07) is 43.3. The van der Waals surface area contributed by atoms with Crippen molar-refractivity contribution in [3.8, 4) is 22.3 Å². The van der Waals surface area contributed by atoms with Gasteiger partial charge in [-0.25, -0.2) is 13.7 Å². The van der Waals surface area contributed by atoms with E-state index in [-0.39, 0.29) is 0 Å². The first-order chi connectivity index (χ1) is 19.8. The van der Waals surface area contributed by atoms with Crippen LogP contribution in [-0.2, 0) is 26.1 Å². The Labute approximate surface area is 236 Å². The highest BCUT2D eigenvalue weighted by Crippen LogP contribution is 2.19. The van der Waals surface area contributed by atoms with Crippen molar-refractivity contribution in [2.45, 2.75) is 26.1 Å². The fraction of sp³-hybridized carbons (Fsp3) is 0.108. The van der Waals surface area contributed by atoms with E-state index in [2.05, 4.69) is 172 Å². The van der Waals surface area contributed by atoms with Crippen LogP contribution in [0.4, 0.5) is 0 Å². The molecule has 0 saturated heterocycles. The molecule has 3 heteroatoms. The Bertz CT molecular complexity index is 1500. The number of hydrogen-bond acceptors (Lipinski definition) is 0. The van der Waals surface area contributed by atoms with Crippen molar-refractivity contribution in [2.75, 3.05) is 0 Å². The molecule has 3 nitrogen and oxygen atoms in total.